The Kier molecular flexibility index (Phi) is 10.7. The van der Waals surface area contributed by atoms with Crippen molar-refractivity contribution < 1.29 is 9.59 Å². The minimum atomic E-state index is -0.531. The zero-order valence-corrected chi connectivity index (χ0v) is 14.6. The van der Waals surface area contributed by atoms with Gasteiger partial charge in [0.25, 0.3) is 5.91 Å². The summed E-state index contributed by atoms with van der Waals surface area (Å²) < 4.78 is 0. The number of carbonyl (C=O) groups is 2. The maximum Gasteiger partial charge on any atom is 0.251 e. The van der Waals surface area contributed by atoms with Crippen molar-refractivity contribution in [1.82, 2.24) is 10.6 Å². The Morgan fingerprint density at radius 3 is 2.68 bits per heavy atom. The maximum atomic E-state index is 12.2. The van der Waals surface area contributed by atoms with Crippen molar-refractivity contribution in [1.29, 1.82) is 0 Å². The Balaban J connectivity index is 0.00000441. The molecule has 7 heteroatoms. The van der Waals surface area contributed by atoms with Gasteiger partial charge < -0.3 is 16.4 Å². The molecule has 1 aromatic carbocycles. The SMILES string of the molecule is CSCCC(NC(=O)c1cccc(C)c1)C(=O)NCCN.Cl. The number of hydrogen-bond acceptors (Lipinski definition) is 4. The molecule has 0 saturated carbocycles. The van der Waals surface area contributed by atoms with Gasteiger partial charge in [0.2, 0.25) is 5.91 Å². The second-order valence-electron chi connectivity index (χ2n) is 4.76. The van der Waals surface area contributed by atoms with Crippen molar-refractivity contribution >= 4 is 36.0 Å². The molecule has 0 heterocycles. The topological polar surface area (TPSA) is 84.2 Å². The molecule has 0 aliphatic carbocycles. The predicted molar refractivity (Wildman–Crippen MR) is 94.7 cm³/mol. The minimum Gasteiger partial charge on any atom is -0.353 e. The van der Waals surface area contributed by atoms with E-state index in [4.69, 9.17) is 5.73 Å². The molecule has 0 aliphatic heterocycles. The molecular formula is C15H24ClN3O2S. The van der Waals surface area contributed by atoms with Crippen LogP contribution in [-0.4, -0.2) is 43.0 Å². The molecule has 0 saturated heterocycles. The fourth-order valence-electron chi connectivity index (χ4n) is 1.85. The van der Waals surface area contributed by atoms with Gasteiger partial charge in [0.1, 0.15) is 6.04 Å². The van der Waals surface area contributed by atoms with Crippen molar-refractivity contribution in [2.24, 2.45) is 5.73 Å². The number of carbonyl (C=O) groups excluding carboxylic acids is 2. The molecule has 4 N–H and O–H groups in total. The Hall–Kier alpha value is -1.24. The summed E-state index contributed by atoms with van der Waals surface area (Å²) in [7, 11) is 0. The Morgan fingerprint density at radius 2 is 2.09 bits per heavy atom. The molecule has 0 fully saturated rings. The third-order valence-electron chi connectivity index (χ3n) is 2.96. The molecule has 5 nitrogen and oxygen atoms in total. The van der Waals surface area contributed by atoms with Gasteiger partial charge in [-0.3, -0.25) is 9.59 Å². The number of nitrogens with two attached hydrogens (primary N) is 1. The molecule has 124 valence electrons. The number of rotatable bonds is 8. The predicted octanol–water partition coefficient (Wildman–Crippen LogP) is 1.34. The normalized spacial score (nSPS) is 11.2. The first-order valence-electron chi connectivity index (χ1n) is 6.92. The van der Waals surface area contributed by atoms with Crippen LogP contribution in [0.5, 0.6) is 0 Å². The van der Waals surface area contributed by atoms with E-state index in [0.29, 0.717) is 25.1 Å². The van der Waals surface area contributed by atoms with Crippen LogP contribution >= 0.6 is 24.2 Å². The van der Waals surface area contributed by atoms with Crippen LogP contribution in [0.3, 0.4) is 0 Å². The fourth-order valence-corrected chi connectivity index (χ4v) is 2.32. The van der Waals surface area contributed by atoms with Crippen molar-refractivity contribution in [3.63, 3.8) is 0 Å². The largest absolute Gasteiger partial charge is 0.353 e. The highest BCUT2D eigenvalue weighted by Gasteiger charge is 2.20. The van der Waals surface area contributed by atoms with Crippen molar-refractivity contribution in [3.8, 4) is 0 Å². The highest BCUT2D eigenvalue weighted by Crippen LogP contribution is 2.06. The van der Waals surface area contributed by atoms with Crippen LogP contribution in [0, 0.1) is 6.92 Å². The summed E-state index contributed by atoms with van der Waals surface area (Å²) >= 11 is 1.64. The van der Waals surface area contributed by atoms with E-state index < -0.39 is 6.04 Å². The van der Waals surface area contributed by atoms with E-state index in [0.717, 1.165) is 11.3 Å². The molecule has 1 aromatic rings. The van der Waals surface area contributed by atoms with E-state index in [1.807, 2.05) is 25.3 Å². The lowest BCUT2D eigenvalue weighted by molar-refractivity contribution is -0.122. The first kappa shape index (κ1) is 20.8. The van der Waals surface area contributed by atoms with Crippen molar-refractivity contribution in [2.75, 3.05) is 25.1 Å². The summed E-state index contributed by atoms with van der Waals surface area (Å²) in [6.07, 6.45) is 2.56. The number of benzene rings is 1. The first-order chi connectivity index (χ1) is 10.1. The van der Waals surface area contributed by atoms with Crippen molar-refractivity contribution in [3.05, 3.63) is 35.4 Å². The number of aryl methyl sites for hydroxylation is 1. The highest BCUT2D eigenvalue weighted by atomic mass is 35.5. The molecule has 1 rings (SSSR count). The van der Waals surface area contributed by atoms with Crippen LogP contribution in [0.2, 0.25) is 0 Å². The van der Waals surface area contributed by atoms with Gasteiger partial charge in [0.05, 0.1) is 0 Å². The quantitative estimate of drug-likeness (QED) is 0.664. The van der Waals surface area contributed by atoms with Gasteiger partial charge in [-0.2, -0.15) is 11.8 Å². The number of thioether (sulfide) groups is 1. The fraction of sp³-hybridized carbons (Fsp3) is 0.467. The minimum absolute atomic E-state index is 0. The lowest BCUT2D eigenvalue weighted by Crippen LogP contribution is -2.48. The first-order valence-corrected chi connectivity index (χ1v) is 8.32. The molecule has 22 heavy (non-hydrogen) atoms. The van der Waals surface area contributed by atoms with Gasteiger partial charge >= 0.3 is 0 Å². The van der Waals surface area contributed by atoms with Gasteiger partial charge in [-0.1, -0.05) is 17.7 Å². The molecular weight excluding hydrogens is 322 g/mol. The van der Waals surface area contributed by atoms with E-state index in [2.05, 4.69) is 10.6 Å². The second kappa shape index (κ2) is 11.3. The second-order valence-corrected chi connectivity index (χ2v) is 5.74. The number of hydrogen-bond donors (Lipinski definition) is 3. The van der Waals surface area contributed by atoms with E-state index >= 15 is 0 Å². The Bertz CT molecular complexity index is 486. The molecule has 0 spiro atoms. The average molecular weight is 346 g/mol. The van der Waals surface area contributed by atoms with Crippen molar-refractivity contribution in [2.45, 2.75) is 19.4 Å². The summed E-state index contributed by atoms with van der Waals surface area (Å²) in [5.41, 5.74) is 6.96. The third-order valence-corrected chi connectivity index (χ3v) is 3.60. The molecule has 0 aromatic heterocycles. The van der Waals surface area contributed by atoms with Gasteiger partial charge in [0.15, 0.2) is 0 Å². The van der Waals surface area contributed by atoms with E-state index in [1.54, 1.807) is 23.9 Å². The third kappa shape index (κ3) is 7.15. The van der Waals surface area contributed by atoms with E-state index in [1.165, 1.54) is 0 Å². The summed E-state index contributed by atoms with van der Waals surface area (Å²) in [6.45, 7) is 2.72. The molecule has 0 bridgehead atoms. The molecule has 2 amide bonds. The van der Waals surface area contributed by atoms with Crippen LogP contribution in [0.4, 0.5) is 0 Å². The average Bonchev–Trinajstić information content (AvgIpc) is 2.48. The smallest absolute Gasteiger partial charge is 0.251 e. The molecule has 0 radical (unpaired) electrons. The highest BCUT2D eigenvalue weighted by molar-refractivity contribution is 7.98. The van der Waals surface area contributed by atoms with Crippen LogP contribution in [0.1, 0.15) is 22.3 Å². The Morgan fingerprint density at radius 1 is 1.36 bits per heavy atom. The van der Waals surface area contributed by atoms with Crippen LogP contribution in [0.15, 0.2) is 24.3 Å². The number of amides is 2. The monoisotopic (exact) mass is 345 g/mol. The number of halogens is 1. The van der Waals surface area contributed by atoms with Gasteiger partial charge in [-0.15, -0.1) is 12.4 Å². The Labute approximate surface area is 142 Å². The summed E-state index contributed by atoms with van der Waals surface area (Å²) in [5, 5.41) is 5.52. The molecule has 0 aliphatic rings. The van der Waals surface area contributed by atoms with Crippen LogP contribution in [-0.2, 0) is 4.79 Å². The molecule has 1 atom stereocenters. The lowest BCUT2D eigenvalue weighted by Gasteiger charge is -2.18. The summed E-state index contributed by atoms with van der Waals surface area (Å²) in [6, 6.07) is 6.77. The summed E-state index contributed by atoms with van der Waals surface area (Å²) in [5.74, 6) is 0.387. The van der Waals surface area contributed by atoms with Gasteiger partial charge in [0, 0.05) is 18.7 Å². The number of nitrogens with one attached hydrogen (secondary N) is 2. The maximum absolute atomic E-state index is 12.2. The summed E-state index contributed by atoms with van der Waals surface area (Å²) in [4.78, 5) is 24.3. The van der Waals surface area contributed by atoms with E-state index in [9.17, 15) is 9.59 Å². The lowest BCUT2D eigenvalue weighted by atomic mass is 10.1. The van der Waals surface area contributed by atoms with Crippen LogP contribution in [0.25, 0.3) is 0 Å². The zero-order chi connectivity index (χ0) is 15.7. The van der Waals surface area contributed by atoms with Gasteiger partial charge in [-0.05, 0) is 37.5 Å². The van der Waals surface area contributed by atoms with Crippen LogP contribution < -0.4 is 16.4 Å². The van der Waals surface area contributed by atoms with Gasteiger partial charge in [-0.25, -0.2) is 0 Å². The zero-order valence-electron chi connectivity index (χ0n) is 12.9. The standard InChI is InChI=1S/C15H23N3O2S.ClH/c1-11-4-3-5-12(10-11)14(19)18-13(6-9-21-2)15(20)17-8-7-16;/h3-5,10,13H,6-9,16H2,1-2H3,(H,17,20)(H,18,19);1H. The molecule has 1 unspecified atom stereocenters. The van der Waals surface area contributed by atoms with E-state index in [-0.39, 0.29) is 24.2 Å².